The molecule has 0 aromatic heterocycles. The molecule has 4 rings (SSSR count). The van der Waals surface area contributed by atoms with Crippen LogP contribution in [0.2, 0.25) is 0 Å². The second kappa shape index (κ2) is 8.99. The zero-order chi connectivity index (χ0) is 20.1. The summed E-state index contributed by atoms with van der Waals surface area (Å²) in [6.45, 7) is 4.76. The number of fused-ring (bicyclic) bond motifs is 1. The van der Waals surface area contributed by atoms with Gasteiger partial charge in [0, 0.05) is 30.7 Å². The zero-order valence-corrected chi connectivity index (χ0v) is 16.9. The lowest BCUT2D eigenvalue weighted by molar-refractivity contribution is -0.128. The van der Waals surface area contributed by atoms with E-state index in [4.69, 9.17) is 4.74 Å². The van der Waals surface area contributed by atoms with Crippen molar-refractivity contribution in [2.75, 3.05) is 18.0 Å². The van der Waals surface area contributed by atoms with E-state index in [-0.39, 0.29) is 5.91 Å². The van der Waals surface area contributed by atoms with Gasteiger partial charge in [0.05, 0.1) is 0 Å². The zero-order valence-electron chi connectivity index (χ0n) is 16.9. The molecule has 4 nitrogen and oxygen atoms in total. The van der Waals surface area contributed by atoms with Crippen molar-refractivity contribution in [1.82, 2.24) is 5.32 Å². The van der Waals surface area contributed by atoms with E-state index in [2.05, 4.69) is 46.6 Å². The summed E-state index contributed by atoms with van der Waals surface area (Å²) in [5.74, 6) is 0.670. The SMILES string of the molecule is CC[C@@H](Oc1cccc2ccccc12)C(=O)NCc1ccc(N2CCCC2)cc1. The van der Waals surface area contributed by atoms with Crippen molar-refractivity contribution in [3.63, 3.8) is 0 Å². The number of anilines is 1. The number of carbonyl (C=O) groups excluding carboxylic acids is 1. The Kier molecular flexibility index (Phi) is 5.99. The fourth-order valence-corrected chi connectivity index (χ4v) is 3.88. The summed E-state index contributed by atoms with van der Waals surface area (Å²) in [4.78, 5) is 15.1. The first-order valence-electron chi connectivity index (χ1n) is 10.5. The minimum absolute atomic E-state index is 0.0796. The number of hydrogen-bond donors (Lipinski definition) is 1. The van der Waals surface area contributed by atoms with Crippen LogP contribution in [0, 0.1) is 0 Å². The van der Waals surface area contributed by atoms with Crippen LogP contribution in [0.15, 0.2) is 66.7 Å². The molecule has 1 aliphatic heterocycles. The Balaban J connectivity index is 1.37. The lowest BCUT2D eigenvalue weighted by Crippen LogP contribution is -2.37. The first-order chi connectivity index (χ1) is 14.2. The summed E-state index contributed by atoms with van der Waals surface area (Å²) in [6, 6.07) is 22.5. The number of carbonyl (C=O) groups is 1. The van der Waals surface area contributed by atoms with Crippen molar-refractivity contribution in [3.8, 4) is 5.75 Å². The predicted octanol–water partition coefficient (Wildman–Crippen LogP) is 4.91. The standard InChI is InChI=1S/C25H28N2O2/c1-2-23(29-24-11-7-9-20-8-3-4-10-22(20)24)25(28)26-18-19-12-14-21(15-13-19)27-16-5-6-17-27/h3-4,7-15,23H,2,5-6,16-18H2,1H3,(H,26,28)/t23-/m1/s1. The van der Waals surface area contributed by atoms with Crippen molar-refractivity contribution < 1.29 is 9.53 Å². The predicted molar refractivity (Wildman–Crippen MR) is 118 cm³/mol. The second-order valence-corrected chi connectivity index (χ2v) is 7.57. The first-order valence-corrected chi connectivity index (χ1v) is 10.5. The molecule has 1 atom stereocenters. The Bertz CT molecular complexity index is 957. The summed E-state index contributed by atoms with van der Waals surface area (Å²) in [7, 11) is 0. The molecule has 0 aliphatic carbocycles. The molecule has 1 fully saturated rings. The van der Waals surface area contributed by atoms with Gasteiger partial charge in [-0.3, -0.25) is 4.79 Å². The first kappa shape index (κ1) is 19.3. The monoisotopic (exact) mass is 388 g/mol. The summed E-state index contributed by atoms with van der Waals surface area (Å²) < 4.78 is 6.10. The van der Waals surface area contributed by atoms with Crippen LogP contribution in [0.1, 0.15) is 31.7 Å². The van der Waals surface area contributed by atoms with E-state index in [0.717, 1.165) is 35.2 Å². The topological polar surface area (TPSA) is 41.6 Å². The minimum atomic E-state index is -0.510. The van der Waals surface area contributed by atoms with Gasteiger partial charge < -0.3 is 15.0 Å². The molecule has 150 valence electrons. The maximum absolute atomic E-state index is 12.7. The Hall–Kier alpha value is -3.01. The summed E-state index contributed by atoms with van der Waals surface area (Å²) in [5.41, 5.74) is 2.37. The summed E-state index contributed by atoms with van der Waals surface area (Å²) in [6.07, 6.45) is 2.65. The maximum Gasteiger partial charge on any atom is 0.261 e. The third-order valence-electron chi connectivity index (χ3n) is 5.56. The third kappa shape index (κ3) is 4.53. The molecule has 1 N–H and O–H groups in total. The van der Waals surface area contributed by atoms with E-state index < -0.39 is 6.10 Å². The fraction of sp³-hybridized carbons (Fsp3) is 0.320. The lowest BCUT2D eigenvalue weighted by Gasteiger charge is -2.19. The van der Waals surface area contributed by atoms with Crippen molar-refractivity contribution in [2.24, 2.45) is 0 Å². The van der Waals surface area contributed by atoms with Crippen LogP contribution < -0.4 is 15.0 Å². The van der Waals surface area contributed by atoms with Crippen LogP contribution in [0.3, 0.4) is 0 Å². The van der Waals surface area contributed by atoms with Crippen molar-refractivity contribution in [2.45, 2.75) is 38.8 Å². The smallest absolute Gasteiger partial charge is 0.261 e. The molecule has 1 aliphatic rings. The van der Waals surface area contributed by atoms with Gasteiger partial charge in [0.15, 0.2) is 6.10 Å². The molecule has 1 amide bonds. The molecule has 4 heteroatoms. The average molecular weight is 389 g/mol. The van der Waals surface area contributed by atoms with Crippen LogP contribution >= 0.6 is 0 Å². The van der Waals surface area contributed by atoms with Gasteiger partial charge in [-0.25, -0.2) is 0 Å². The van der Waals surface area contributed by atoms with E-state index in [1.165, 1.54) is 18.5 Å². The van der Waals surface area contributed by atoms with E-state index in [1.807, 2.05) is 37.3 Å². The van der Waals surface area contributed by atoms with Gasteiger partial charge in [0.1, 0.15) is 5.75 Å². The van der Waals surface area contributed by atoms with E-state index in [1.54, 1.807) is 0 Å². The van der Waals surface area contributed by atoms with Crippen LogP contribution in [0.5, 0.6) is 5.75 Å². The molecule has 0 bridgehead atoms. The largest absolute Gasteiger partial charge is 0.480 e. The van der Waals surface area contributed by atoms with Crippen LogP contribution in [-0.2, 0) is 11.3 Å². The third-order valence-corrected chi connectivity index (χ3v) is 5.56. The fourth-order valence-electron chi connectivity index (χ4n) is 3.88. The van der Waals surface area contributed by atoms with Gasteiger partial charge in [0.25, 0.3) is 5.91 Å². The molecule has 1 saturated heterocycles. The number of ether oxygens (including phenoxy) is 1. The molecule has 0 saturated carbocycles. The minimum Gasteiger partial charge on any atom is -0.480 e. The Morgan fingerprint density at radius 1 is 1.00 bits per heavy atom. The van der Waals surface area contributed by atoms with E-state index in [9.17, 15) is 4.79 Å². The van der Waals surface area contributed by atoms with Gasteiger partial charge in [0.2, 0.25) is 0 Å². The van der Waals surface area contributed by atoms with E-state index in [0.29, 0.717) is 13.0 Å². The highest BCUT2D eigenvalue weighted by Crippen LogP contribution is 2.26. The number of nitrogens with one attached hydrogen (secondary N) is 1. The van der Waals surface area contributed by atoms with Crippen LogP contribution in [0.25, 0.3) is 10.8 Å². The maximum atomic E-state index is 12.7. The van der Waals surface area contributed by atoms with Crippen molar-refractivity contribution in [1.29, 1.82) is 0 Å². The van der Waals surface area contributed by atoms with Gasteiger partial charge in [-0.15, -0.1) is 0 Å². The Morgan fingerprint density at radius 3 is 2.48 bits per heavy atom. The van der Waals surface area contributed by atoms with E-state index >= 15 is 0 Å². The molecule has 0 spiro atoms. The Morgan fingerprint density at radius 2 is 1.72 bits per heavy atom. The number of amides is 1. The Labute approximate surface area is 172 Å². The molecule has 29 heavy (non-hydrogen) atoms. The van der Waals surface area contributed by atoms with Crippen LogP contribution in [-0.4, -0.2) is 25.1 Å². The highest BCUT2D eigenvalue weighted by atomic mass is 16.5. The lowest BCUT2D eigenvalue weighted by atomic mass is 10.1. The quantitative estimate of drug-likeness (QED) is 0.625. The molecular formula is C25H28N2O2. The number of benzene rings is 3. The summed E-state index contributed by atoms with van der Waals surface area (Å²) >= 11 is 0. The van der Waals surface area contributed by atoms with Gasteiger partial charge in [-0.2, -0.15) is 0 Å². The molecule has 1 heterocycles. The summed E-state index contributed by atoms with van der Waals surface area (Å²) in [5, 5.41) is 5.17. The van der Waals surface area contributed by atoms with Gasteiger partial charge in [-0.1, -0.05) is 55.5 Å². The highest BCUT2D eigenvalue weighted by molar-refractivity contribution is 5.89. The van der Waals surface area contributed by atoms with Crippen LogP contribution in [0.4, 0.5) is 5.69 Å². The number of nitrogens with zero attached hydrogens (tertiary/aromatic N) is 1. The average Bonchev–Trinajstić information content (AvgIpc) is 3.31. The molecule has 3 aromatic rings. The molecule has 0 radical (unpaired) electrons. The van der Waals surface area contributed by atoms with Crippen molar-refractivity contribution >= 4 is 22.4 Å². The van der Waals surface area contributed by atoms with Gasteiger partial charge in [-0.05, 0) is 48.4 Å². The second-order valence-electron chi connectivity index (χ2n) is 7.57. The van der Waals surface area contributed by atoms with Gasteiger partial charge >= 0.3 is 0 Å². The highest BCUT2D eigenvalue weighted by Gasteiger charge is 2.19. The normalized spacial score (nSPS) is 14.7. The van der Waals surface area contributed by atoms with Crippen molar-refractivity contribution in [3.05, 3.63) is 72.3 Å². The number of hydrogen-bond acceptors (Lipinski definition) is 3. The number of rotatable bonds is 7. The molecule has 3 aromatic carbocycles. The molecular weight excluding hydrogens is 360 g/mol. The molecule has 0 unspecified atom stereocenters.